The third kappa shape index (κ3) is 5.19. The van der Waals surface area contributed by atoms with Crippen molar-refractivity contribution in [1.29, 1.82) is 0 Å². The van der Waals surface area contributed by atoms with E-state index in [9.17, 15) is 0 Å². The van der Waals surface area contributed by atoms with Gasteiger partial charge in [0.05, 0.1) is 12.2 Å². The summed E-state index contributed by atoms with van der Waals surface area (Å²) in [5.41, 5.74) is 0.986. The minimum absolute atomic E-state index is 0.479. The minimum Gasteiger partial charge on any atom is -0.444 e. The molecule has 0 aliphatic rings. The summed E-state index contributed by atoms with van der Waals surface area (Å²) < 4.78 is 5.59. The molecule has 104 valence electrons. The maximum absolute atomic E-state index is 5.59. The predicted octanol–water partition coefficient (Wildman–Crippen LogP) is 2.36. The third-order valence-corrected chi connectivity index (χ3v) is 2.96. The zero-order valence-corrected chi connectivity index (χ0v) is 12.6. The lowest BCUT2D eigenvalue weighted by atomic mass is 10.0. The van der Waals surface area contributed by atoms with Crippen LogP contribution in [0.3, 0.4) is 0 Å². The van der Waals surface area contributed by atoms with Gasteiger partial charge < -0.3 is 14.6 Å². The van der Waals surface area contributed by atoms with Gasteiger partial charge >= 0.3 is 0 Å². The first-order valence-corrected chi connectivity index (χ1v) is 6.69. The van der Waals surface area contributed by atoms with Crippen molar-refractivity contribution in [2.45, 2.75) is 46.7 Å². The Kier molecular flexibility index (Phi) is 5.82. The fraction of sp³-hybridized carbons (Fsp3) is 0.786. The maximum atomic E-state index is 5.59. The Morgan fingerprint density at radius 2 is 1.94 bits per heavy atom. The van der Waals surface area contributed by atoms with Crippen LogP contribution in [0.4, 0.5) is 0 Å². The summed E-state index contributed by atoms with van der Waals surface area (Å²) in [4.78, 5) is 6.61. The molecular formula is C14H27N3O. The number of hydrogen-bond acceptors (Lipinski definition) is 4. The highest BCUT2D eigenvalue weighted by Gasteiger charge is 2.13. The molecule has 18 heavy (non-hydrogen) atoms. The highest BCUT2D eigenvalue weighted by atomic mass is 16.4. The average molecular weight is 253 g/mol. The summed E-state index contributed by atoms with van der Waals surface area (Å²) in [6, 6.07) is 0.479. The molecule has 1 atom stereocenters. The Hall–Kier alpha value is -0.870. The summed E-state index contributed by atoms with van der Waals surface area (Å²) in [6.07, 6.45) is 1.16. The molecule has 0 fully saturated rings. The topological polar surface area (TPSA) is 41.3 Å². The van der Waals surface area contributed by atoms with Gasteiger partial charge in [-0.1, -0.05) is 13.8 Å². The van der Waals surface area contributed by atoms with Crippen LogP contribution in [-0.4, -0.2) is 36.6 Å². The molecule has 4 nitrogen and oxygen atoms in total. The van der Waals surface area contributed by atoms with Gasteiger partial charge in [-0.2, -0.15) is 0 Å². The van der Waals surface area contributed by atoms with E-state index in [1.165, 1.54) is 0 Å². The molecule has 1 heterocycles. The fourth-order valence-corrected chi connectivity index (χ4v) is 2.08. The first-order valence-electron chi connectivity index (χ1n) is 6.69. The van der Waals surface area contributed by atoms with E-state index in [1.54, 1.807) is 0 Å². The Balaban J connectivity index is 2.50. The van der Waals surface area contributed by atoms with Crippen molar-refractivity contribution in [2.75, 3.05) is 20.6 Å². The van der Waals surface area contributed by atoms with Crippen molar-refractivity contribution in [2.24, 2.45) is 5.92 Å². The average Bonchev–Trinajstić information content (AvgIpc) is 2.53. The lowest BCUT2D eigenvalue weighted by molar-refractivity contribution is 0.296. The highest BCUT2D eigenvalue weighted by Crippen LogP contribution is 2.10. The molecule has 0 spiro atoms. The van der Waals surface area contributed by atoms with Crippen molar-refractivity contribution in [3.63, 3.8) is 0 Å². The first-order chi connectivity index (χ1) is 8.38. The number of hydrogen-bond donors (Lipinski definition) is 1. The Labute approximate surface area is 111 Å². The number of nitrogens with zero attached hydrogens (tertiary/aromatic N) is 2. The normalized spacial score (nSPS) is 13.6. The number of likely N-dealkylation sites (N-methyl/N-ethyl adjacent to an activating group) is 1. The van der Waals surface area contributed by atoms with Crippen LogP contribution in [-0.2, 0) is 6.54 Å². The van der Waals surface area contributed by atoms with Crippen LogP contribution in [0.1, 0.15) is 37.6 Å². The summed E-state index contributed by atoms with van der Waals surface area (Å²) in [6.45, 7) is 10.2. The van der Waals surface area contributed by atoms with Crippen molar-refractivity contribution >= 4 is 0 Å². The van der Waals surface area contributed by atoms with Gasteiger partial charge in [-0.3, -0.25) is 0 Å². The molecule has 1 aromatic heterocycles. The smallest absolute Gasteiger partial charge is 0.208 e. The second kappa shape index (κ2) is 6.90. The van der Waals surface area contributed by atoms with Crippen LogP contribution in [0.5, 0.6) is 0 Å². The van der Waals surface area contributed by atoms with Crippen molar-refractivity contribution < 1.29 is 4.42 Å². The second-order valence-electron chi connectivity index (χ2n) is 5.72. The van der Waals surface area contributed by atoms with E-state index < -0.39 is 0 Å². The van der Waals surface area contributed by atoms with E-state index in [0.29, 0.717) is 18.5 Å². The van der Waals surface area contributed by atoms with E-state index >= 15 is 0 Å². The molecule has 1 rings (SSSR count). The minimum atomic E-state index is 0.479. The van der Waals surface area contributed by atoms with Crippen LogP contribution in [0.25, 0.3) is 0 Å². The van der Waals surface area contributed by atoms with Gasteiger partial charge in [-0.15, -0.1) is 0 Å². The summed E-state index contributed by atoms with van der Waals surface area (Å²) >= 11 is 0. The Morgan fingerprint density at radius 1 is 1.28 bits per heavy atom. The summed E-state index contributed by atoms with van der Waals surface area (Å²) in [5, 5.41) is 3.54. The maximum Gasteiger partial charge on any atom is 0.208 e. The van der Waals surface area contributed by atoms with Crippen LogP contribution >= 0.6 is 0 Å². The number of nitrogens with one attached hydrogen (secondary N) is 1. The zero-order valence-electron chi connectivity index (χ0n) is 12.6. The Morgan fingerprint density at radius 3 is 2.39 bits per heavy atom. The molecule has 0 saturated heterocycles. The van der Waals surface area contributed by atoms with Gasteiger partial charge in [0.25, 0.3) is 0 Å². The van der Waals surface area contributed by atoms with Gasteiger partial charge in [-0.25, -0.2) is 4.98 Å². The van der Waals surface area contributed by atoms with E-state index in [0.717, 1.165) is 30.3 Å². The van der Waals surface area contributed by atoms with Gasteiger partial charge in [0.1, 0.15) is 5.76 Å². The molecule has 1 aromatic rings. The van der Waals surface area contributed by atoms with Crippen LogP contribution in [0.2, 0.25) is 0 Å². The van der Waals surface area contributed by atoms with Crippen molar-refractivity contribution in [1.82, 2.24) is 15.2 Å². The summed E-state index contributed by atoms with van der Waals surface area (Å²) in [5.74, 6) is 2.40. The largest absolute Gasteiger partial charge is 0.444 e. The number of rotatable bonds is 7. The molecule has 0 amide bonds. The quantitative estimate of drug-likeness (QED) is 0.810. The van der Waals surface area contributed by atoms with E-state index in [4.69, 9.17) is 4.42 Å². The summed E-state index contributed by atoms with van der Waals surface area (Å²) in [7, 11) is 4.21. The number of aryl methyl sites for hydroxylation is 2. The van der Waals surface area contributed by atoms with Crippen molar-refractivity contribution in [3.8, 4) is 0 Å². The van der Waals surface area contributed by atoms with Gasteiger partial charge in [0.2, 0.25) is 5.89 Å². The standard InChI is InChI=1S/C14H27N3O/c1-10(2)7-13(9-17(5)6)15-8-14-16-11(3)12(4)18-14/h10,13,15H,7-9H2,1-6H3. The van der Waals surface area contributed by atoms with Crippen LogP contribution in [0, 0.1) is 19.8 Å². The second-order valence-corrected chi connectivity index (χ2v) is 5.72. The molecule has 4 heteroatoms. The molecule has 1 N–H and O–H groups in total. The van der Waals surface area contributed by atoms with Gasteiger partial charge in [0.15, 0.2) is 0 Å². The molecule has 0 aliphatic heterocycles. The molecule has 0 radical (unpaired) electrons. The van der Waals surface area contributed by atoms with Gasteiger partial charge in [0, 0.05) is 12.6 Å². The number of aromatic nitrogens is 1. The Bertz CT molecular complexity index is 328. The predicted molar refractivity (Wildman–Crippen MR) is 74.6 cm³/mol. The molecule has 0 bridgehead atoms. The fourth-order valence-electron chi connectivity index (χ4n) is 2.08. The lowest BCUT2D eigenvalue weighted by Gasteiger charge is -2.23. The number of oxazole rings is 1. The van der Waals surface area contributed by atoms with Gasteiger partial charge in [-0.05, 0) is 40.3 Å². The monoisotopic (exact) mass is 253 g/mol. The lowest BCUT2D eigenvalue weighted by Crippen LogP contribution is -2.38. The van der Waals surface area contributed by atoms with Crippen LogP contribution in [0.15, 0.2) is 4.42 Å². The molecule has 0 aromatic carbocycles. The van der Waals surface area contributed by atoms with Crippen molar-refractivity contribution in [3.05, 3.63) is 17.3 Å². The SMILES string of the molecule is Cc1nc(CNC(CC(C)C)CN(C)C)oc1C. The highest BCUT2D eigenvalue weighted by molar-refractivity contribution is 5.05. The van der Waals surface area contributed by atoms with Crippen LogP contribution < -0.4 is 5.32 Å². The van der Waals surface area contributed by atoms with E-state index in [1.807, 2.05) is 13.8 Å². The first kappa shape index (κ1) is 15.2. The molecule has 0 aliphatic carbocycles. The third-order valence-electron chi connectivity index (χ3n) is 2.96. The molecular weight excluding hydrogens is 226 g/mol. The zero-order chi connectivity index (χ0) is 13.7. The van der Waals surface area contributed by atoms with E-state index in [2.05, 4.69) is 43.1 Å². The molecule has 1 unspecified atom stereocenters. The van der Waals surface area contributed by atoms with E-state index in [-0.39, 0.29) is 0 Å². The molecule has 0 saturated carbocycles.